The van der Waals surface area contributed by atoms with Crippen LogP contribution in [0.4, 0.5) is 0 Å². The first-order valence-electron chi connectivity index (χ1n) is 7.56. The summed E-state index contributed by atoms with van der Waals surface area (Å²) in [5.74, 6) is 0.545. The van der Waals surface area contributed by atoms with Crippen molar-refractivity contribution in [1.82, 2.24) is 10.2 Å². The number of nitrogens with one attached hydrogen (secondary N) is 1. The molecule has 1 aromatic heterocycles. The highest BCUT2D eigenvalue weighted by Crippen LogP contribution is 2.20. The molecule has 1 fully saturated rings. The van der Waals surface area contributed by atoms with E-state index in [4.69, 9.17) is 16.6 Å². The van der Waals surface area contributed by atoms with Gasteiger partial charge in [0, 0.05) is 0 Å². The van der Waals surface area contributed by atoms with Crippen LogP contribution in [0.3, 0.4) is 0 Å². The van der Waals surface area contributed by atoms with E-state index in [-0.39, 0.29) is 5.91 Å². The Morgan fingerprint density at radius 3 is 2.71 bits per heavy atom. The van der Waals surface area contributed by atoms with Gasteiger partial charge in [-0.3, -0.25) is 9.69 Å². The fraction of sp³-hybridized carbons (Fsp3) is 0.0526. The van der Waals surface area contributed by atoms with E-state index >= 15 is 0 Å². The van der Waals surface area contributed by atoms with Crippen LogP contribution < -0.4 is 5.32 Å². The van der Waals surface area contributed by atoms with Crippen LogP contribution >= 0.6 is 12.2 Å². The summed E-state index contributed by atoms with van der Waals surface area (Å²) < 4.78 is 5.29. The molecule has 0 aliphatic carbocycles. The van der Waals surface area contributed by atoms with Crippen LogP contribution in [-0.2, 0) is 11.3 Å². The summed E-state index contributed by atoms with van der Waals surface area (Å²) in [6.45, 7) is 0.326. The van der Waals surface area contributed by atoms with Crippen molar-refractivity contribution in [3.63, 3.8) is 0 Å². The highest BCUT2D eigenvalue weighted by molar-refractivity contribution is 7.80. The quantitative estimate of drug-likeness (QED) is 0.586. The van der Waals surface area contributed by atoms with Crippen molar-refractivity contribution < 1.29 is 9.21 Å². The van der Waals surface area contributed by atoms with Crippen molar-refractivity contribution >= 4 is 40.1 Å². The first-order chi connectivity index (χ1) is 11.7. The zero-order chi connectivity index (χ0) is 16.5. The van der Waals surface area contributed by atoms with Crippen LogP contribution in [0.2, 0.25) is 0 Å². The Balaban J connectivity index is 1.62. The van der Waals surface area contributed by atoms with Crippen molar-refractivity contribution in [2.24, 2.45) is 0 Å². The van der Waals surface area contributed by atoms with Crippen LogP contribution in [0, 0.1) is 0 Å². The van der Waals surface area contributed by atoms with Gasteiger partial charge in [-0.2, -0.15) is 0 Å². The molecule has 24 heavy (non-hydrogen) atoms. The molecule has 1 N–H and O–H groups in total. The third kappa shape index (κ3) is 2.70. The lowest BCUT2D eigenvalue weighted by atomic mass is 10.1. The maximum atomic E-state index is 12.6. The summed E-state index contributed by atoms with van der Waals surface area (Å²) >= 11 is 5.27. The molecular weight excluding hydrogens is 320 g/mol. The van der Waals surface area contributed by atoms with Crippen LogP contribution in [0.15, 0.2) is 71.0 Å². The van der Waals surface area contributed by atoms with Gasteiger partial charge in [0.05, 0.1) is 12.8 Å². The molecule has 2 heterocycles. The van der Waals surface area contributed by atoms with Gasteiger partial charge < -0.3 is 9.73 Å². The van der Waals surface area contributed by atoms with Crippen molar-refractivity contribution in [3.05, 3.63) is 77.9 Å². The standard InChI is InChI=1S/C19H14N2O2S/c22-18-17(20-19(24)21(18)12-16-6-3-9-23-16)11-13-7-8-14-4-1-2-5-15(14)10-13/h1-11H,12H2,(H,20,24)/b17-11-. The average Bonchev–Trinajstić information content (AvgIpc) is 3.19. The molecule has 0 bridgehead atoms. The van der Waals surface area contributed by atoms with Gasteiger partial charge in [-0.25, -0.2) is 0 Å². The van der Waals surface area contributed by atoms with E-state index in [0.29, 0.717) is 23.1 Å². The van der Waals surface area contributed by atoms with Gasteiger partial charge in [-0.05, 0) is 52.8 Å². The summed E-state index contributed by atoms with van der Waals surface area (Å²) in [5, 5.41) is 5.68. The van der Waals surface area contributed by atoms with E-state index < -0.39 is 0 Å². The molecule has 0 atom stereocenters. The third-order valence-electron chi connectivity index (χ3n) is 3.94. The molecule has 3 aromatic rings. The van der Waals surface area contributed by atoms with Gasteiger partial charge >= 0.3 is 0 Å². The number of carbonyl (C=O) groups is 1. The lowest BCUT2D eigenvalue weighted by molar-refractivity contribution is -0.122. The normalized spacial score (nSPS) is 16.2. The van der Waals surface area contributed by atoms with Gasteiger partial charge in [-0.1, -0.05) is 36.4 Å². The number of hydrogen-bond donors (Lipinski definition) is 1. The molecule has 0 unspecified atom stereocenters. The highest BCUT2D eigenvalue weighted by atomic mass is 32.1. The van der Waals surface area contributed by atoms with Crippen LogP contribution in [0.1, 0.15) is 11.3 Å². The maximum absolute atomic E-state index is 12.6. The number of thiocarbonyl (C=S) groups is 1. The molecule has 1 aliphatic rings. The largest absolute Gasteiger partial charge is 0.467 e. The van der Waals surface area contributed by atoms with E-state index in [0.717, 1.165) is 10.9 Å². The van der Waals surface area contributed by atoms with Gasteiger partial charge in [0.25, 0.3) is 5.91 Å². The SMILES string of the molecule is O=C1/C(=C/c2ccc3ccccc3c2)NC(=S)N1Cc1ccco1. The van der Waals surface area contributed by atoms with Gasteiger partial charge in [0.15, 0.2) is 5.11 Å². The number of carbonyl (C=O) groups excluding carboxylic acids is 1. The van der Waals surface area contributed by atoms with Crippen molar-refractivity contribution in [2.45, 2.75) is 6.54 Å². The minimum Gasteiger partial charge on any atom is -0.467 e. The molecule has 5 heteroatoms. The molecule has 4 nitrogen and oxygen atoms in total. The summed E-state index contributed by atoms with van der Waals surface area (Å²) in [6.07, 6.45) is 3.40. The van der Waals surface area contributed by atoms with E-state index in [9.17, 15) is 4.79 Å². The van der Waals surface area contributed by atoms with Gasteiger partial charge in [0.1, 0.15) is 11.5 Å². The first kappa shape index (κ1) is 14.7. The lowest BCUT2D eigenvalue weighted by Crippen LogP contribution is -2.29. The van der Waals surface area contributed by atoms with E-state index in [1.807, 2.05) is 36.4 Å². The molecule has 2 aromatic carbocycles. The number of benzene rings is 2. The topological polar surface area (TPSA) is 45.5 Å². The summed E-state index contributed by atoms with van der Waals surface area (Å²) in [5.41, 5.74) is 1.43. The zero-order valence-corrected chi connectivity index (χ0v) is 13.5. The highest BCUT2D eigenvalue weighted by Gasteiger charge is 2.31. The number of rotatable bonds is 3. The summed E-state index contributed by atoms with van der Waals surface area (Å²) in [4.78, 5) is 14.1. The molecule has 4 rings (SSSR count). The Bertz CT molecular complexity index is 960. The Kier molecular flexibility index (Phi) is 3.63. The molecule has 0 saturated carbocycles. The van der Waals surface area contributed by atoms with Gasteiger partial charge in [0.2, 0.25) is 0 Å². The van der Waals surface area contributed by atoms with E-state index in [1.165, 1.54) is 10.3 Å². The third-order valence-corrected chi connectivity index (χ3v) is 4.26. The Morgan fingerprint density at radius 1 is 1.08 bits per heavy atom. The Morgan fingerprint density at radius 2 is 1.92 bits per heavy atom. The number of furan rings is 1. The summed E-state index contributed by atoms with van der Waals surface area (Å²) in [7, 11) is 0. The fourth-order valence-corrected chi connectivity index (χ4v) is 3.00. The smallest absolute Gasteiger partial charge is 0.276 e. The second-order valence-corrected chi connectivity index (χ2v) is 5.95. The van der Waals surface area contributed by atoms with Crippen LogP contribution in [-0.4, -0.2) is 15.9 Å². The second-order valence-electron chi connectivity index (χ2n) is 5.57. The number of fused-ring (bicyclic) bond motifs is 1. The van der Waals surface area contributed by atoms with Crippen LogP contribution in [0.25, 0.3) is 16.8 Å². The second kappa shape index (κ2) is 5.94. The maximum Gasteiger partial charge on any atom is 0.276 e. The van der Waals surface area contributed by atoms with Crippen molar-refractivity contribution in [1.29, 1.82) is 0 Å². The molecule has 1 aliphatic heterocycles. The Labute approximate surface area is 144 Å². The summed E-state index contributed by atoms with van der Waals surface area (Å²) in [6, 6.07) is 17.8. The predicted molar refractivity (Wildman–Crippen MR) is 96.9 cm³/mol. The van der Waals surface area contributed by atoms with Crippen LogP contribution in [0.5, 0.6) is 0 Å². The fourth-order valence-electron chi connectivity index (χ4n) is 2.74. The van der Waals surface area contributed by atoms with Crippen molar-refractivity contribution in [2.75, 3.05) is 0 Å². The number of amides is 1. The molecule has 1 amide bonds. The van der Waals surface area contributed by atoms with Crippen molar-refractivity contribution in [3.8, 4) is 0 Å². The molecule has 1 saturated heterocycles. The molecular formula is C19H14N2O2S. The average molecular weight is 334 g/mol. The minimum absolute atomic E-state index is 0.149. The van der Waals surface area contributed by atoms with Gasteiger partial charge in [-0.15, -0.1) is 0 Å². The number of nitrogens with zero attached hydrogens (tertiary/aromatic N) is 1. The molecule has 0 spiro atoms. The molecule has 0 radical (unpaired) electrons. The van der Waals surface area contributed by atoms with E-state index in [2.05, 4.69) is 23.5 Å². The Hall–Kier alpha value is -2.92. The van der Waals surface area contributed by atoms with E-state index in [1.54, 1.807) is 12.3 Å². The number of hydrogen-bond acceptors (Lipinski definition) is 3. The minimum atomic E-state index is -0.149. The first-order valence-corrected chi connectivity index (χ1v) is 7.97. The monoisotopic (exact) mass is 334 g/mol. The molecule has 118 valence electrons. The zero-order valence-electron chi connectivity index (χ0n) is 12.7. The lowest BCUT2D eigenvalue weighted by Gasteiger charge is -2.11. The predicted octanol–water partition coefficient (Wildman–Crippen LogP) is 3.69.